The van der Waals surface area contributed by atoms with E-state index in [0.717, 1.165) is 25.9 Å². The average Bonchev–Trinajstić information content (AvgIpc) is 3.19. The molecule has 0 N–H and O–H groups in total. The maximum absolute atomic E-state index is 13.9. The molecule has 0 bridgehead atoms. The Bertz CT molecular complexity index is 712. The normalized spacial score (nSPS) is 15.9. The first kappa shape index (κ1) is 16.0. The summed E-state index contributed by atoms with van der Waals surface area (Å²) in [6.45, 7) is 3.55. The van der Waals surface area contributed by atoms with Crippen LogP contribution in [-0.2, 0) is 11.8 Å². The van der Waals surface area contributed by atoms with Crippen molar-refractivity contribution in [2.24, 2.45) is 7.05 Å². The third-order valence-electron chi connectivity index (χ3n) is 4.00. The Morgan fingerprint density at radius 1 is 1.26 bits per heavy atom. The highest BCUT2D eigenvalue weighted by atomic mass is 32.2. The van der Waals surface area contributed by atoms with Crippen molar-refractivity contribution >= 4 is 17.7 Å². The molecule has 1 atom stereocenters. The van der Waals surface area contributed by atoms with Crippen molar-refractivity contribution in [2.75, 3.05) is 13.1 Å². The molecule has 0 spiro atoms. The van der Waals surface area contributed by atoms with E-state index >= 15 is 0 Å². The molecule has 1 amide bonds. The van der Waals surface area contributed by atoms with E-state index in [4.69, 9.17) is 0 Å². The molecule has 1 aliphatic rings. The molecule has 1 aromatic carbocycles. The number of benzene rings is 1. The second kappa shape index (κ2) is 6.70. The van der Waals surface area contributed by atoms with E-state index in [2.05, 4.69) is 10.2 Å². The summed E-state index contributed by atoms with van der Waals surface area (Å²) >= 11 is 1.36. The number of carbonyl (C=O) groups is 1. The lowest BCUT2D eigenvalue weighted by Gasteiger charge is -2.19. The van der Waals surface area contributed by atoms with Gasteiger partial charge in [-0.25, -0.2) is 4.39 Å². The van der Waals surface area contributed by atoms with Crippen LogP contribution >= 0.6 is 11.8 Å². The molecule has 2 aromatic rings. The SMILES string of the molecule is C[C@H](Sc1nnc(-c2ccccc2F)n1C)C(=O)N1CCCC1. The fourth-order valence-corrected chi connectivity index (χ4v) is 3.60. The van der Waals surface area contributed by atoms with Gasteiger partial charge in [-0.05, 0) is 31.9 Å². The minimum atomic E-state index is -0.333. The van der Waals surface area contributed by atoms with Gasteiger partial charge in [-0.2, -0.15) is 0 Å². The number of hydrogen-bond donors (Lipinski definition) is 0. The number of amides is 1. The van der Waals surface area contributed by atoms with Gasteiger partial charge in [0.05, 0.1) is 10.8 Å². The summed E-state index contributed by atoms with van der Waals surface area (Å²) in [5.74, 6) is 0.259. The van der Waals surface area contributed by atoms with Crippen LogP contribution in [0, 0.1) is 5.82 Å². The monoisotopic (exact) mass is 334 g/mol. The van der Waals surface area contributed by atoms with E-state index in [1.54, 1.807) is 29.8 Å². The molecule has 2 heterocycles. The number of rotatable bonds is 4. The van der Waals surface area contributed by atoms with E-state index in [0.29, 0.717) is 16.5 Å². The van der Waals surface area contributed by atoms with E-state index in [9.17, 15) is 9.18 Å². The summed E-state index contributed by atoms with van der Waals surface area (Å²) < 4.78 is 15.6. The topological polar surface area (TPSA) is 51.0 Å². The molecule has 1 saturated heterocycles. The Morgan fingerprint density at radius 3 is 2.65 bits per heavy atom. The van der Waals surface area contributed by atoms with E-state index in [1.807, 2.05) is 11.8 Å². The van der Waals surface area contributed by atoms with Gasteiger partial charge in [-0.3, -0.25) is 4.79 Å². The molecule has 0 unspecified atom stereocenters. The number of hydrogen-bond acceptors (Lipinski definition) is 4. The summed E-state index contributed by atoms with van der Waals surface area (Å²) in [5, 5.41) is 8.59. The van der Waals surface area contributed by atoms with Gasteiger partial charge in [0.25, 0.3) is 0 Å². The standard InChI is InChI=1S/C16H19FN4OS/c1-11(15(22)21-9-5-6-10-21)23-16-19-18-14(20(16)2)12-7-3-4-8-13(12)17/h3-4,7-8,11H,5-6,9-10H2,1-2H3/t11-/m0/s1. The summed E-state index contributed by atoms with van der Waals surface area (Å²) in [5.41, 5.74) is 0.410. The molecule has 3 rings (SSSR count). The van der Waals surface area contributed by atoms with Crippen LogP contribution in [0.15, 0.2) is 29.4 Å². The molecule has 1 aliphatic heterocycles. The molecule has 23 heavy (non-hydrogen) atoms. The number of nitrogens with zero attached hydrogens (tertiary/aromatic N) is 4. The Kier molecular flexibility index (Phi) is 4.66. The Balaban J connectivity index is 1.77. The highest BCUT2D eigenvalue weighted by Crippen LogP contribution is 2.28. The van der Waals surface area contributed by atoms with Crippen LogP contribution < -0.4 is 0 Å². The van der Waals surface area contributed by atoms with Crippen LogP contribution in [0.2, 0.25) is 0 Å². The number of aromatic nitrogens is 3. The van der Waals surface area contributed by atoms with Crippen molar-refractivity contribution < 1.29 is 9.18 Å². The van der Waals surface area contributed by atoms with Crippen molar-refractivity contribution in [3.63, 3.8) is 0 Å². The zero-order valence-corrected chi connectivity index (χ0v) is 14.0. The summed E-state index contributed by atoms with van der Waals surface area (Å²) in [7, 11) is 1.79. The first-order valence-corrected chi connectivity index (χ1v) is 8.55. The van der Waals surface area contributed by atoms with E-state index in [-0.39, 0.29) is 17.0 Å². The minimum absolute atomic E-state index is 0.128. The van der Waals surface area contributed by atoms with Gasteiger partial charge < -0.3 is 9.47 Å². The van der Waals surface area contributed by atoms with Crippen LogP contribution in [0.1, 0.15) is 19.8 Å². The van der Waals surface area contributed by atoms with Crippen LogP contribution in [0.25, 0.3) is 11.4 Å². The second-order valence-corrected chi connectivity index (χ2v) is 6.95. The molecule has 0 saturated carbocycles. The second-order valence-electron chi connectivity index (χ2n) is 5.64. The lowest BCUT2D eigenvalue weighted by atomic mass is 10.2. The highest BCUT2D eigenvalue weighted by Gasteiger charge is 2.26. The maximum atomic E-state index is 13.9. The lowest BCUT2D eigenvalue weighted by molar-refractivity contribution is -0.129. The summed E-state index contributed by atoms with van der Waals surface area (Å²) in [6, 6.07) is 6.48. The summed E-state index contributed by atoms with van der Waals surface area (Å²) in [4.78, 5) is 14.3. The zero-order chi connectivity index (χ0) is 16.4. The van der Waals surface area contributed by atoms with Crippen LogP contribution in [0.5, 0.6) is 0 Å². The van der Waals surface area contributed by atoms with Gasteiger partial charge in [-0.15, -0.1) is 10.2 Å². The first-order valence-electron chi connectivity index (χ1n) is 7.67. The number of thioether (sulfide) groups is 1. The van der Waals surface area contributed by atoms with Crippen molar-refractivity contribution in [3.8, 4) is 11.4 Å². The molecule has 7 heteroatoms. The largest absolute Gasteiger partial charge is 0.342 e. The highest BCUT2D eigenvalue weighted by molar-refractivity contribution is 8.00. The average molecular weight is 334 g/mol. The maximum Gasteiger partial charge on any atom is 0.235 e. The Morgan fingerprint density at radius 2 is 1.96 bits per heavy atom. The van der Waals surface area contributed by atoms with Crippen molar-refractivity contribution in [1.29, 1.82) is 0 Å². The molecule has 0 radical (unpaired) electrons. The van der Waals surface area contributed by atoms with E-state index < -0.39 is 0 Å². The van der Waals surface area contributed by atoms with Crippen LogP contribution in [0.3, 0.4) is 0 Å². The Hall–Kier alpha value is -1.89. The van der Waals surface area contributed by atoms with Gasteiger partial charge in [0, 0.05) is 20.1 Å². The van der Waals surface area contributed by atoms with Crippen LogP contribution in [-0.4, -0.2) is 43.9 Å². The predicted molar refractivity (Wildman–Crippen MR) is 87.5 cm³/mol. The zero-order valence-electron chi connectivity index (χ0n) is 13.2. The fourth-order valence-electron chi connectivity index (χ4n) is 2.70. The molecule has 0 aliphatic carbocycles. The first-order chi connectivity index (χ1) is 11.1. The lowest BCUT2D eigenvalue weighted by Crippen LogP contribution is -2.34. The molecule has 122 valence electrons. The van der Waals surface area contributed by atoms with Crippen molar-refractivity contribution in [1.82, 2.24) is 19.7 Å². The Labute approximate surface area is 138 Å². The predicted octanol–water partition coefficient (Wildman–Crippen LogP) is 2.72. The van der Waals surface area contributed by atoms with Gasteiger partial charge in [0.1, 0.15) is 5.82 Å². The number of carbonyl (C=O) groups excluding carboxylic acids is 1. The van der Waals surface area contributed by atoms with Gasteiger partial charge in [0.2, 0.25) is 5.91 Å². The molecular weight excluding hydrogens is 315 g/mol. The van der Waals surface area contributed by atoms with Gasteiger partial charge in [0.15, 0.2) is 11.0 Å². The third kappa shape index (κ3) is 3.24. The minimum Gasteiger partial charge on any atom is -0.342 e. The molecule has 5 nitrogen and oxygen atoms in total. The van der Waals surface area contributed by atoms with Crippen molar-refractivity contribution in [2.45, 2.75) is 30.2 Å². The quantitative estimate of drug-likeness (QED) is 0.807. The fraction of sp³-hybridized carbons (Fsp3) is 0.438. The smallest absolute Gasteiger partial charge is 0.235 e. The molecule has 1 aromatic heterocycles. The summed E-state index contributed by atoms with van der Waals surface area (Å²) in [6.07, 6.45) is 2.15. The van der Waals surface area contributed by atoms with Crippen molar-refractivity contribution in [3.05, 3.63) is 30.1 Å². The third-order valence-corrected chi connectivity index (χ3v) is 5.12. The van der Waals surface area contributed by atoms with E-state index in [1.165, 1.54) is 17.8 Å². The number of halogens is 1. The van der Waals surface area contributed by atoms with Gasteiger partial charge in [-0.1, -0.05) is 23.9 Å². The molecular formula is C16H19FN4OS. The van der Waals surface area contributed by atoms with Crippen LogP contribution in [0.4, 0.5) is 4.39 Å². The number of likely N-dealkylation sites (tertiary alicyclic amines) is 1. The molecule has 1 fully saturated rings. The van der Waals surface area contributed by atoms with Gasteiger partial charge >= 0.3 is 0 Å².